The summed E-state index contributed by atoms with van der Waals surface area (Å²) in [4.78, 5) is 29.9. The molecule has 1 aliphatic carbocycles. The smallest absolute Gasteiger partial charge is 0.251 e. The van der Waals surface area contributed by atoms with Crippen LogP contribution in [0, 0.1) is 5.92 Å². The molecule has 1 N–H and O–H groups in total. The molecular weight excluding hydrogens is 290 g/mol. The molecule has 2 amide bonds. The molecular formula is C15H18ClN3O2. The van der Waals surface area contributed by atoms with Crippen molar-refractivity contribution in [3.05, 3.63) is 29.0 Å². The van der Waals surface area contributed by atoms with E-state index in [4.69, 9.17) is 11.6 Å². The van der Waals surface area contributed by atoms with Crippen LogP contribution in [0.1, 0.15) is 36.0 Å². The summed E-state index contributed by atoms with van der Waals surface area (Å²) in [7, 11) is 0. The molecule has 2 aliphatic rings. The first-order valence-corrected chi connectivity index (χ1v) is 7.72. The molecule has 1 aromatic heterocycles. The number of aromatic nitrogens is 1. The van der Waals surface area contributed by atoms with Crippen LogP contribution in [0.3, 0.4) is 0 Å². The van der Waals surface area contributed by atoms with Gasteiger partial charge in [-0.25, -0.2) is 4.98 Å². The van der Waals surface area contributed by atoms with Gasteiger partial charge >= 0.3 is 0 Å². The van der Waals surface area contributed by atoms with Gasteiger partial charge in [0.25, 0.3) is 5.91 Å². The molecule has 1 saturated carbocycles. The average Bonchev–Trinajstić information content (AvgIpc) is 3.32. The molecule has 1 aliphatic heterocycles. The number of hydrogen-bond acceptors (Lipinski definition) is 3. The fourth-order valence-electron chi connectivity index (χ4n) is 2.65. The Morgan fingerprint density at radius 1 is 1.24 bits per heavy atom. The minimum absolute atomic E-state index is 0.118. The summed E-state index contributed by atoms with van der Waals surface area (Å²) in [6, 6.07) is 3.32. The van der Waals surface area contributed by atoms with Crippen LogP contribution in [0.2, 0.25) is 5.15 Å². The lowest BCUT2D eigenvalue weighted by Crippen LogP contribution is -2.47. The van der Waals surface area contributed by atoms with Crippen LogP contribution in [0.15, 0.2) is 18.3 Å². The zero-order valence-electron chi connectivity index (χ0n) is 11.7. The summed E-state index contributed by atoms with van der Waals surface area (Å²) in [6.45, 7) is 1.47. The second-order valence-electron chi connectivity index (χ2n) is 5.71. The van der Waals surface area contributed by atoms with Crippen molar-refractivity contribution in [2.75, 3.05) is 13.1 Å². The van der Waals surface area contributed by atoms with E-state index in [1.165, 1.54) is 6.20 Å². The zero-order valence-corrected chi connectivity index (χ0v) is 12.5. The second kappa shape index (κ2) is 6.02. The van der Waals surface area contributed by atoms with E-state index in [0.717, 1.165) is 38.8 Å². The molecule has 21 heavy (non-hydrogen) atoms. The molecule has 5 nitrogen and oxygen atoms in total. The van der Waals surface area contributed by atoms with E-state index in [0.29, 0.717) is 16.6 Å². The lowest BCUT2D eigenvalue weighted by Gasteiger charge is -2.32. The minimum atomic E-state index is -0.133. The molecule has 0 unspecified atom stereocenters. The van der Waals surface area contributed by atoms with Crippen LogP contribution in [-0.4, -0.2) is 40.8 Å². The Balaban J connectivity index is 1.50. The van der Waals surface area contributed by atoms with Gasteiger partial charge in [0.05, 0.1) is 0 Å². The Morgan fingerprint density at radius 2 is 1.95 bits per heavy atom. The molecule has 1 saturated heterocycles. The van der Waals surface area contributed by atoms with Gasteiger partial charge in [0.2, 0.25) is 5.91 Å². The standard InChI is InChI=1S/C15H18ClN3O2/c16-13-9-11(3-6-17-13)14(20)18-12-4-7-19(8-5-12)15(21)10-1-2-10/h3,6,9-10,12H,1-2,4-5,7-8H2,(H,18,20). The third kappa shape index (κ3) is 3.53. The van der Waals surface area contributed by atoms with Crippen LogP contribution in [0.4, 0.5) is 0 Å². The van der Waals surface area contributed by atoms with Gasteiger partial charge in [-0.2, -0.15) is 0 Å². The Morgan fingerprint density at radius 3 is 2.57 bits per heavy atom. The van der Waals surface area contributed by atoms with Gasteiger partial charge in [-0.3, -0.25) is 9.59 Å². The third-order valence-corrected chi connectivity index (χ3v) is 4.26. The van der Waals surface area contributed by atoms with Gasteiger partial charge in [-0.1, -0.05) is 11.6 Å². The maximum atomic E-state index is 12.1. The lowest BCUT2D eigenvalue weighted by molar-refractivity contribution is -0.133. The summed E-state index contributed by atoms with van der Waals surface area (Å²) in [5.41, 5.74) is 0.520. The Kier molecular flexibility index (Phi) is 4.10. The average molecular weight is 308 g/mol. The number of amides is 2. The normalized spacial score (nSPS) is 19.4. The molecule has 3 rings (SSSR count). The summed E-state index contributed by atoms with van der Waals surface area (Å²) in [6.07, 6.45) is 5.22. The molecule has 6 heteroatoms. The fraction of sp³-hybridized carbons (Fsp3) is 0.533. The number of nitrogens with zero attached hydrogens (tertiary/aromatic N) is 2. The first kappa shape index (κ1) is 14.3. The van der Waals surface area contributed by atoms with Crippen molar-refractivity contribution in [2.24, 2.45) is 5.92 Å². The Bertz CT molecular complexity index is 552. The van der Waals surface area contributed by atoms with Gasteiger partial charge in [0, 0.05) is 36.8 Å². The predicted molar refractivity (Wildman–Crippen MR) is 79.0 cm³/mol. The fourth-order valence-corrected chi connectivity index (χ4v) is 2.82. The predicted octanol–water partition coefficient (Wildman–Crippen LogP) is 1.87. The maximum Gasteiger partial charge on any atom is 0.251 e. The highest BCUT2D eigenvalue weighted by Crippen LogP contribution is 2.31. The molecule has 0 bridgehead atoms. The largest absolute Gasteiger partial charge is 0.349 e. The highest BCUT2D eigenvalue weighted by molar-refractivity contribution is 6.29. The van der Waals surface area contributed by atoms with E-state index in [2.05, 4.69) is 10.3 Å². The first-order valence-electron chi connectivity index (χ1n) is 7.34. The number of carbonyl (C=O) groups excluding carboxylic acids is 2. The quantitative estimate of drug-likeness (QED) is 0.867. The third-order valence-electron chi connectivity index (χ3n) is 4.06. The van der Waals surface area contributed by atoms with Crippen molar-refractivity contribution in [1.82, 2.24) is 15.2 Å². The second-order valence-corrected chi connectivity index (χ2v) is 6.10. The monoisotopic (exact) mass is 307 g/mol. The van der Waals surface area contributed by atoms with Crippen molar-refractivity contribution in [3.63, 3.8) is 0 Å². The molecule has 0 atom stereocenters. The summed E-state index contributed by atoms with van der Waals surface area (Å²) in [5, 5.41) is 3.32. The number of nitrogens with one attached hydrogen (secondary N) is 1. The van der Waals surface area contributed by atoms with Crippen LogP contribution in [-0.2, 0) is 4.79 Å². The number of rotatable bonds is 3. The molecule has 0 spiro atoms. The van der Waals surface area contributed by atoms with Crippen molar-refractivity contribution in [2.45, 2.75) is 31.7 Å². The van der Waals surface area contributed by atoms with Crippen molar-refractivity contribution >= 4 is 23.4 Å². The highest BCUT2D eigenvalue weighted by atomic mass is 35.5. The summed E-state index contributed by atoms with van der Waals surface area (Å²) >= 11 is 5.79. The van der Waals surface area contributed by atoms with E-state index < -0.39 is 0 Å². The maximum absolute atomic E-state index is 12.1. The van der Waals surface area contributed by atoms with Crippen LogP contribution in [0.25, 0.3) is 0 Å². The molecule has 2 fully saturated rings. The minimum Gasteiger partial charge on any atom is -0.349 e. The van der Waals surface area contributed by atoms with Gasteiger partial charge in [-0.15, -0.1) is 0 Å². The molecule has 2 heterocycles. The van der Waals surface area contributed by atoms with E-state index in [9.17, 15) is 9.59 Å². The number of piperidine rings is 1. The van der Waals surface area contributed by atoms with E-state index in [1.807, 2.05) is 4.90 Å². The Hall–Kier alpha value is -1.62. The van der Waals surface area contributed by atoms with Gasteiger partial charge in [0.15, 0.2) is 0 Å². The molecule has 0 aromatic carbocycles. The lowest BCUT2D eigenvalue weighted by atomic mass is 10.0. The number of pyridine rings is 1. The van der Waals surface area contributed by atoms with Crippen LogP contribution < -0.4 is 5.32 Å². The highest BCUT2D eigenvalue weighted by Gasteiger charge is 2.35. The molecule has 0 radical (unpaired) electrons. The van der Waals surface area contributed by atoms with Gasteiger partial charge < -0.3 is 10.2 Å². The number of halogens is 1. The number of likely N-dealkylation sites (tertiary alicyclic amines) is 1. The molecule has 112 valence electrons. The van der Waals surface area contributed by atoms with Crippen molar-refractivity contribution in [3.8, 4) is 0 Å². The van der Waals surface area contributed by atoms with Crippen LogP contribution >= 0.6 is 11.6 Å². The zero-order chi connectivity index (χ0) is 14.8. The summed E-state index contributed by atoms with van der Waals surface area (Å²) < 4.78 is 0. The van der Waals surface area contributed by atoms with Gasteiger partial charge in [0.1, 0.15) is 5.15 Å². The van der Waals surface area contributed by atoms with Crippen molar-refractivity contribution in [1.29, 1.82) is 0 Å². The number of hydrogen-bond donors (Lipinski definition) is 1. The van der Waals surface area contributed by atoms with Crippen molar-refractivity contribution < 1.29 is 9.59 Å². The number of carbonyl (C=O) groups is 2. The SMILES string of the molecule is O=C(NC1CCN(C(=O)C2CC2)CC1)c1ccnc(Cl)c1. The summed E-state index contributed by atoms with van der Waals surface area (Å²) in [5.74, 6) is 0.432. The molecule has 1 aromatic rings. The van der Waals surface area contributed by atoms with E-state index in [1.54, 1.807) is 12.1 Å². The van der Waals surface area contributed by atoms with E-state index >= 15 is 0 Å². The first-order chi connectivity index (χ1) is 10.1. The van der Waals surface area contributed by atoms with Gasteiger partial charge in [-0.05, 0) is 37.8 Å². The van der Waals surface area contributed by atoms with E-state index in [-0.39, 0.29) is 17.9 Å². The Labute approximate surface area is 128 Å². The topological polar surface area (TPSA) is 62.3 Å². The van der Waals surface area contributed by atoms with Crippen LogP contribution in [0.5, 0.6) is 0 Å².